The third-order valence-electron chi connectivity index (χ3n) is 12.5. The number of carbonyl (C=O) groups excluding carboxylic acids is 4. The highest BCUT2D eigenvalue weighted by Gasteiger charge is 2.44. The van der Waals surface area contributed by atoms with Crippen molar-refractivity contribution in [1.29, 1.82) is 0 Å². The van der Waals surface area contributed by atoms with Gasteiger partial charge in [0.2, 0.25) is 11.8 Å². The van der Waals surface area contributed by atoms with E-state index in [4.69, 9.17) is 14.2 Å². The van der Waals surface area contributed by atoms with E-state index in [9.17, 15) is 37.5 Å². The number of likely N-dealkylation sites (tertiary alicyclic amines) is 1. The van der Waals surface area contributed by atoms with Gasteiger partial charge in [-0.25, -0.2) is 19.2 Å². The van der Waals surface area contributed by atoms with Gasteiger partial charge in [-0.3, -0.25) is 14.4 Å². The van der Waals surface area contributed by atoms with Gasteiger partial charge in [0.1, 0.15) is 29.3 Å². The first-order valence-corrected chi connectivity index (χ1v) is 21.8. The van der Waals surface area contributed by atoms with Crippen molar-refractivity contribution in [3.63, 3.8) is 0 Å². The number of anilines is 2. The van der Waals surface area contributed by atoms with Gasteiger partial charge in [-0.05, 0) is 68.9 Å². The molecule has 360 valence electrons. The summed E-state index contributed by atoms with van der Waals surface area (Å²) in [5, 5.41) is 14.7. The molecule has 4 aromatic rings. The lowest BCUT2D eigenvalue weighted by atomic mass is 9.90. The molecule has 4 atom stereocenters. The molecule has 2 aromatic heterocycles. The van der Waals surface area contributed by atoms with E-state index in [1.165, 1.54) is 31.5 Å². The van der Waals surface area contributed by atoms with Crippen molar-refractivity contribution in [1.82, 2.24) is 30.1 Å². The summed E-state index contributed by atoms with van der Waals surface area (Å²) >= 11 is 0. The molecule has 2 aromatic carbocycles. The van der Waals surface area contributed by atoms with Crippen LogP contribution in [0.15, 0.2) is 60.9 Å². The van der Waals surface area contributed by atoms with Crippen molar-refractivity contribution in [2.24, 2.45) is 11.3 Å². The number of imidazole rings is 1. The summed E-state index contributed by atoms with van der Waals surface area (Å²) in [7, 11) is 2.77. The Morgan fingerprint density at radius 1 is 0.970 bits per heavy atom. The average Bonchev–Trinajstić information content (AvgIpc) is 3.99. The maximum Gasteiger partial charge on any atom is 0.573 e. The first kappa shape index (κ1) is 48.6. The molecule has 17 nitrogen and oxygen atoms in total. The number of aromatic amines is 1. The molecule has 0 bridgehead atoms. The number of aliphatic hydroxyl groups is 1. The topological polar surface area (TPSA) is 201 Å². The fourth-order valence-corrected chi connectivity index (χ4v) is 8.69. The molecule has 67 heavy (non-hydrogen) atoms. The summed E-state index contributed by atoms with van der Waals surface area (Å²) in [6, 6.07) is 9.25. The van der Waals surface area contributed by atoms with Crippen LogP contribution in [0.5, 0.6) is 5.75 Å². The third-order valence-corrected chi connectivity index (χ3v) is 12.5. The molecule has 0 spiro atoms. The van der Waals surface area contributed by atoms with Crippen LogP contribution in [0.1, 0.15) is 62.3 Å². The number of alkyl carbamates (subject to hydrolysis) is 1. The Balaban J connectivity index is 1.06. The molecule has 4 unspecified atom stereocenters. The predicted molar refractivity (Wildman–Crippen MR) is 235 cm³/mol. The van der Waals surface area contributed by atoms with E-state index in [1.807, 2.05) is 11.8 Å². The SMILES string of the molecule is COC(=O)NC(C(=O)N1CC(OC)CC1c1ncc(-c2ccc(-c3cc(F)c(NC(=O)c4ccc(N5CCN(C(=O)C(C)(C)CO)CC5C)nc4)cc3OC(F)(F)F)cc2)[nH]1)C1CCOCC1. The predicted octanol–water partition coefficient (Wildman–Crippen LogP) is 5.92. The van der Waals surface area contributed by atoms with Gasteiger partial charge >= 0.3 is 12.5 Å². The highest BCUT2D eigenvalue weighted by Crippen LogP contribution is 2.40. The van der Waals surface area contributed by atoms with Crippen LogP contribution < -0.4 is 20.3 Å². The van der Waals surface area contributed by atoms with Gasteiger partial charge in [0, 0.05) is 76.8 Å². The number of pyridine rings is 1. The Morgan fingerprint density at radius 3 is 2.31 bits per heavy atom. The molecule has 0 aliphatic carbocycles. The van der Waals surface area contributed by atoms with Crippen LogP contribution in [-0.2, 0) is 23.8 Å². The van der Waals surface area contributed by atoms with Crippen LogP contribution >= 0.6 is 0 Å². The molecule has 0 saturated carbocycles. The maximum absolute atomic E-state index is 15.7. The van der Waals surface area contributed by atoms with Gasteiger partial charge in [0.05, 0.1) is 54.4 Å². The minimum Gasteiger partial charge on any atom is -0.453 e. The minimum atomic E-state index is -5.16. The van der Waals surface area contributed by atoms with Crippen molar-refractivity contribution in [3.8, 4) is 28.1 Å². The van der Waals surface area contributed by atoms with E-state index in [0.717, 1.165) is 12.1 Å². The second-order valence-electron chi connectivity index (χ2n) is 17.5. The lowest BCUT2D eigenvalue weighted by Gasteiger charge is -2.42. The fraction of sp³-hybridized carbons (Fsp3) is 0.478. The number of ether oxygens (including phenoxy) is 4. The monoisotopic (exact) mass is 938 g/mol. The Kier molecular flexibility index (Phi) is 14.7. The second-order valence-corrected chi connectivity index (χ2v) is 17.5. The first-order valence-electron chi connectivity index (χ1n) is 21.8. The standard InChI is InChI=1S/C46H54F4N8O9/c1-26-23-56(43(62)45(2,3)25-59)14-15-57(26)38-11-10-30(21-51-38)41(60)54-34-20-37(67-46(48,49)50)32(19-33(34)47)27-6-8-28(9-7-27)35-22-52-40(53-35)36-18-31(64-4)24-58(36)42(61)39(55-44(63)65-5)29-12-16-66-17-13-29/h6-11,19-22,26,29,31,36,39,59H,12-18,23-25H2,1-5H3,(H,52,53)(H,54,60)(H,55,63). The Bertz CT molecular complexity index is 2410. The number of hydrogen-bond acceptors (Lipinski definition) is 12. The summed E-state index contributed by atoms with van der Waals surface area (Å²) < 4.78 is 77.4. The van der Waals surface area contributed by atoms with E-state index in [2.05, 4.69) is 30.3 Å². The Hall–Kier alpha value is -6.32. The van der Waals surface area contributed by atoms with E-state index in [-0.39, 0.29) is 59.7 Å². The van der Waals surface area contributed by atoms with Crippen LogP contribution in [0, 0.1) is 17.2 Å². The van der Waals surface area contributed by atoms with Crippen LogP contribution in [0.2, 0.25) is 0 Å². The number of benzene rings is 2. The fourth-order valence-electron chi connectivity index (χ4n) is 8.69. The molecular formula is C46H54F4N8O9. The quantitative estimate of drug-likeness (QED) is 0.116. The molecule has 3 fully saturated rings. The molecule has 3 aliphatic heterocycles. The number of amides is 4. The van der Waals surface area contributed by atoms with Crippen molar-refractivity contribution in [2.45, 2.75) is 70.6 Å². The number of hydrogen-bond donors (Lipinski definition) is 4. The van der Waals surface area contributed by atoms with Crippen molar-refractivity contribution >= 4 is 35.3 Å². The van der Waals surface area contributed by atoms with Gasteiger partial charge in [-0.2, -0.15) is 0 Å². The highest BCUT2D eigenvalue weighted by molar-refractivity contribution is 6.04. The van der Waals surface area contributed by atoms with Crippen LogP contribution in [0.25, 0.3) is 22.4 Å². The smallest absolute Gasteiger partial charge is 0.453 e. The van der Waals surface area contributed by atoms with E-state index < -0.39 is 53.1 Å². The molecule has 7 rings (SSSR count). The number of halogens is 4. The number of aromatic nitrogens is 3. The van der Waals surface area contributed by atoms with Gasteiger partial charge in [-0.15, -0.1) is 13.2 Å². The molecular weight excluding hydrogens is 885 g/mol. The zero-order chi connectivity index (χ0) is 48.2. The van der Waals surface area contributed by atoms with E-state index in [1.54, 1.807) is 55.2 Å². The molecule has 5 heterocycles. The number of nitrogens with one attached hydrogen (secondary N) is 3. The highest BCUT2D eigenvalue weighted by atomic mass is 19.4. The second kappa shape index (κ2) is 20.3. The number of nitrogens with zero attached hydrogens (tertiary/aromatic N) is 5. The normalized spacial score (nSPS) is 19.8. The third kappa shape index (κ3) is 11.1. The summed E-state index contributed by atoms with van der Waals surface area (Å²) in [6.45, 7) is 7.34. The molecule has 0 radical (unpaired) electrons. The van der Waals surface area contributed by atoms with Crippen LogP contribution in [-0.4, -0.2) is 138 Å². The minimum absolute atomic E-state index is 0.00901. The van der Waals surface area contributed by atoms with Gasteiger partial charge in [0.25, 0.3) is 5.91 Å². The number of H-pyrrole nitrogens is 1. The molecule has 4 N–H and O–H groups in total. The van der Waals surface area contributed by atoms with Crippen molar-refractivity contribution in [2.75, 3.05) is 70.4 Å². The van der Waals surface area contributed by atoms with Gasteiger partial charge in [-0.1, -0.05) is 24.3 Å². The summed E-state index contributed by atoms with van der Waals surface area (Å²) in [4.78, 5) is 70.2. The molecule has 3 aliphatic rings. The number of rotatable bonds is 13. The molecule has 21 heteroatoms. The maximum atomic E-state index is 15.7. The lowest BCUT2D eigenvalue weighted by Crippen LogP contribution is -2.56. The number of alkyl halides is 3. The first-order chi connectivity index (χ1) is 31.9. The largest absolute Gasteiger partial charge is 0.573 e. The molecule has 3 saturated heterocycles. The number of methoxy groups -OCH3 is 2. The zero-order valence-corrected chi connectivity index (χ0v) is 37.7. The summed E-state index contributed by atoms with van der Waals surface area (Å²) in [6.07, 6.45) is -1.85. The summed E-state index contributed by atoms with van der Waals surface area (Å²) in [5.74, 6) is -2.32. The van der Waals surface area contributed by atoms with Crippen LogP contribution in [0.3, 0.4) is 0 Å². The lowest BCUT2D eigenvalue weighted by molar-refractivity contribution is -0.274. The zero-order valence-electron chi connectivity index (χ0n) is 37.7. The van der Waals surface area contributed by atoms with Crippen molar-refractivity contribution < 1.29 is 60.8 Å². The van der Waals surface area contributed by atoms with Gasteiger partial charge < -0.3 is 54.4 Å². The van der Waals surface area contributed by atoms with Crippen molar-refractivity contribution in [3.05, 3.63) is 78.1 Å². The number of piperazine rings is 1. The molecule has 4 amide bonds. The Labute approximate surface area is 384 Å². The number of carbonyl (C=O) groups is 4. The van der Waals surface area contributed by atoms with E-state index in [0.29, 0.717) is 75.0 Å². The van der Waals surface area contributed by atoms with Gasteiger partial charge in [0.15, 0.2) is 0 Å². The summed E-state index contributed by atoms with van der Waals surface area (Å²) in [5.41, 5.74) is -0.442. The van der Waals surface area contributed by atoms with Crippen LogP contribution in [0.4, 0.5) is 33.9 Å². The average molecular weight is 939 g/mol. The van der Waals surface area contributed by atoms with E-state index >= 15 is 4.39 Å². The Morgan fingerprint density at radius 2 is 1.69 bits per heavy atom. The number of aliphatic hydroxyl groups excluding tert-OH is 1.